The second kappa shape index (κ2) is 8.60. The van der Waals surface area contributed by atoms with Gasteiger partial charge in [0.15, 0.2) is 5.69 Å². The summed E-state index contributed by atoms with van der Waals surface area (Å²) in [5, 5.41) is 13.2. The summed E-state index contributed by atoms with van der Waals surface area (Å²) in [5.41, 5.74) is -0.642. The molecule has 5 nitrogen and oxygen atoms in total. The number of fused-ring (bicyclic) bond motifs is 1. The summed E-state index contributed by atoms with van der Waals surface area (Å²) in [5.74, 6) is -0.668. The highest BCUT2D eigenvalue weighted by Crippen LogP contribution is 2.45. The Labute approximate surface area is 203 Å². The van der Waals surface area contributed by atoms with Crippen molar-refractivity contribution >= 4 is 28.8 Å². The third-order valence-electron chi connectivity index (χ3n) is 5.87. The first-order chi connectivity index (χ1) is 16.0. The van der Waals surface area contributed by atoms with Crippen molar-refractivity contribution in [3.8, 4) is 17.2 Å². The molecule has 4 rings (SSSR count). The van der Waals surface area contributed by atoms with Gasteiger partial charge in [0.25, 0.3) is 0 Å². The second-order valence-electron chi connectivity index (χ2n) is 8.50. The predicted molar refractivity (Wildman–Crippen MR) is 124 cm³/mol. The van der Waals surface area contributed by atoms with Gasteiger partial charge in [0.05, 0.1) is 17.0 Å². The van der Waals surface area contributed by atoms with Crippen molar-refractivity contribution < 1.29 is 18.0 Å². The number of carbonyl (C=O) groups excluding carboxylic acids is 1. The molecule has 1 amide bonds. The molecule has 1 aromatic carbocycles. The van der Waals surface area contributed by atoms with Gasteiger partial charge in [0.1, 0.15) is 5.54 Å². The zero-order valence-electron chi connectivity index (χ0n) is 18.4. The number of hydrogen-bond donors (Lipinski definition) is 0. The Bertz CT molecular complexity index is 1320. The smallest absolute Gasteiger partial charge is 0.333 e. The van der Waals surface area contributed by atoms with E-state index in [1.807, 2.05) is 12.1 Å². The number of amides is 1. The Kier molecular flexibility index (Phi) is 6.08. The lowest BCUT2D eigenvalue weighted by Gasteiger charge is -2.33. The van der Waals surface area contributed by atoms with Gasteiger partial charge in [-0.25, -0.2) is 0 Å². The average Bonchev–Trinajstić information content (AvgIpc) is 3.41. The normalized spacial score (nSPS) is 16.1. The summed E-state index contributed by atoms with van der Waals surface area (Å²) in [7, 11) is 0. The van der Waals surface area contributed by atoms with Crippen molar-refractivity contribution in [2.45, 2.75) is 38.0 Å². The summed E-state index contributed by atoms with van der Waals surface area (Å²) >= 11 is 7.62. The number of benzene rings is 1. The van der Waals surface area contributed by atoms with Crippen LogP contribution in [-0.2, 0) is 23.1 Å². The van der Waals surface area contributed by atoms with Gasteiger partial charge in [-0.1, -0.05) is 42.4 Å². The zero-order valence-corrected chi connectivity index (χ0v) is 19.9. The molecule has 0 fully saturated rings. The largest absolute Gasteiger partial charge is 0.435 e. The molecule has 1 aliphatic rings. The van der Waals surface area contributed by atoms with Crippen LogP contribution in [0.15, 0.2) is 49.2 Å². The molecule has 1 atom stereocenters. The molecule has 0 N–H and O–H groups in total. The van der Waals surface area contributed by atoms with Gasteiger partial charge in [0, 0.05) is 29.1 Å². The minimum atomic E-state index is -4.73. The molecule has 34 heavy (non-hydrogen) atoms. The lowest BCUT2D eigenvalue weighted by atomic mass is 9.84. The predicted octanol–water partition coefficient (Wildman–Crippen LogP) is 6.20. The molecular weight excluding hydrogens is 485 g/mol. The molecule has 3 heterocycles. The molecule has 0 bridgehead atoms. The van der Waals surface area contributed by atoms with E-state index in [-0.39, 0.29) is 18.0 Å². The highest BCUT2D eigenvalue weighted by molar-refractivity contribution is 7.16. The Morgan fingerprint density at radius 3 is 2.65 bits per heavy atom. The quantitative estimate of drug-likeness (QED) is 0.397. The Hall–Kier alpha value is -3.09. The average molecular weight is 505 g/mol. The second-order valence-corrected chi connectivity index (χ2v) is 10.3. The highest BCUT2D eigenvalue weighted by atomic mass is 35.5. The molecule has 0 unspecified atom stereocenters. The van der Waals surface area contributed by atoms with Gasteiger partial charge in [-0.3, -0.25) is 9.48 Å². The Morgan fingerprint density at radius 1 is 1.29 bits per heavy atom. The number of thiophene rings is 1. The van der Waals surface area contributed by atoms with Crippen molar-refractivity contribution in [2.75, 3.05) is 6.54 Å². The van der Waals surface area contributed by atoms with E-state index in [0.29, 0.717) is 22.0 Å². The molecular formula is C24H20ClF3N4OS. The van der Waals surface area contributed by atoms with Crippen LogP contribution in [0.4, 0.5) is 13.2 Å². The fraction of sp³-hybridized carbons (Fsp3) is 0.292. The first kappa shape index (κ1) is 24.0. The number of alkyl halides is 3. The third-order valence-corrected chi connectivity index (χ3v) is 7.13. The van der Waals surface area contributed by atoms with E-state index in [1.165, 1.54) is 37.5 Å². The van der Waals surface area contributed by atoms with Crippen LogP contribution in [0.2, 0.25) is 4.34 Å². The fourth-order valence-corrected chi connectivity index (χ4v) is 5.47. The van der Waals surface area contributed by atoms with Crippen LogP contribution in [0.1, 0.15) is 41.5 Å². The topological polar surface area (TPSA) is 61.9 Å². The van der Waals surface area contributed by atoms with Crippen LogP contribution >= 0.6 is 22.9 Å². The monoisotopic (exact) mass is 504 g/mol. The number of aromatic nitrogens is 2. The molecule has 176 valence electrons. The number of nitriles is 1. The van der Waals surface area contributed by atoms with E-state index < -0.39 is 23.3 Å². The van der Waals surface area contributed by atoms with Crippen LogP contribution in [0.3, 0.4) is 0 Å². The Balaban J connectivity index is 1.92. The van der Waals surface area contributed by atoms with E-state index in [2.05, 4.69) is 11.7 Å². The molecule has 0 saturated carbocycles. The fourth-order valence-electron chi connectivity index (χ4n) is 4.11. The van der Waals surface area contributed by atoms with Gasteiger partial charge >= 0.3 is 6.18 Å². The molecule has 0 radical (unpaired) electrons. The van der Waals surface area contributed by atoms with E-state index in [9.17, 15) is 23.2 Å². The number of hydrogen-bond acceptors (Lipinski definition) is 4. The summed E-state index contributed by atoms with van der Waals surface area (Å²) in [6, 6.07) is 10.6. The maximum atomic E-state index is 14.0. The number of rotatable bonds is 4. The minimum Gasteiger partial charge on any atom is -0.333 e. The third kappa shape index (κ3) is 4.24. The summed E-state index contributed by atoms with van der Waals surface area (Å²) < 4.78 is 43.7. The van der Waals surface area contributed by atoms with Crippen molar-refractivity contribution in [2.24, 2.45) is 0 Å². The van der Waals surface area contributed by atoms with Crippen molar-refractivity contribution in [3.63, 3.8) is 0 Å². The molecule has 0 aliphatic carbocycles. The van der Waals surface area contributed by atoms with E-state index in [0.717, 1.165) is 15.1 Å². The van der Waals surface area contributed by atoms with Crippen molar-refractivity contribution in [1.29, 1.82) is 5.26 Å². The van der Waals surface area contributed by atoms with Crippen LogP contribution in [-0.4, -0.2) is 27.1 Å². The van der Waals surface area contributed by atoms with Gasteiger partial charge in [-0.05, 0) is 42.7 Å². The lowest BCUT2D eigenvalue weighted by molar-refractivity contribution is -0.141. The van der Waals surface area contributed by atoms with E-state index in [1.54, 1.807) is 29.2 Å². The molecule has 3 aromatic rings. The van der Waals surface area contributed by atoms with Crippen LogP contribution in [0, 0.1) is 11.3 Å². The van der Waals surface area contributed by atoms with E-state index in [4.69, 9.17) is 11.6 Å². The van der Waals surface area contributed by atoms with Gasteiger partial charge in [-0.15, -0.1) is 11.3 Å². The molecule has 2 aromatic heterocycles. The van der Waals surface area contributed by atoms with Gasteiger partial charge < -0.3 is 4.90 Å². The van der Waals surface area contributed by atoms with Gasteiger partial charge in [-0.2, -0.15) is 23.5 Å². The highest BCUT2D eigenvalue weighted by Gasteiger charge is 2.40. The summed E-state index contributed by atoms with van der Waals surface area (Å²) in [4.78, 5) is 14.9. The minimum absolute atomic E-state index is 0.124. The summed E-state index contributed by atoms with van der Waals surface area (Å²) in [6.07, 6.45) is -2.24. The first-order valence-corrected chi connectivity index (χ1v) is 11.5. The standard InChI is InChI=1S/C24H20ClF3N4OS/c1-4-21(33)31-10-17(16-9-20(25)34-19(16)12-31)14-7-5-6-8-15(14)18-11-32(23(2,3)13-29)30-22(18)24(26,27)28/h4-9,11,17H,1,10,12H2,2-3H3/t17-/m0/s1. The first-order valence-electron chi connectivity index (χ1n) is 10.3. The van der Waals surface area contributed by atoms with Crippen molar-refractivity contribution in [3.05, 3.63) is 75.2 Å². The molecule has 10 heteroatoms. The maximum absolute atomic E-state index is 14.0. The Morgan fingerprint density at radius 2 is 2.00 bits per heavy atom. The number of carbonyl (C=O) groups is 1. The van der Waals surface area contributed by atoms with Crippen LogP contribution in [0.5, 0.6) is 0 Å². The number of halogens is 4. The summed E-state index contributed by atoms with van der Waals surface area (Å²) in [6.45, 7) is 7.17. The van der Waals surface area contributed by atoms with E-state index >= 15 is 0 Å². The van der Waals surface area contributed by atoms with Gasteiger partial charge in [0.2, 0.25) is 5.91 Å². The SMILES string of the molecule is C=CC(=O)N1Cc2sc(Cl)cc2[C@H](c2ccccc2-c2cn(C(C)(C)C#N)nc2C(F)(F)F)C1. The molecule has 1 aliphatic heterocycles. The molecule has 0 spiro atoms. The zero-order chi connectivity index (χ0) is 24.8. The lowest BCUT2D eigenvalue weighted by Crippen LogP contribution is -2.37. The maximum Gasteiger partial charge on any atom is 0.435 e. The van der Waals surface area contributed by atoms with Crippen molar-refractivity contribution in [1.82, 2.24) is 14.7 Å². The molecule has 0 saturated heterocycles. The number of nitrogens with zero attached hydrogens (tertiary/aromatic N) is 4. The van der Waals surface area contributed by atoms with Crippen LogP contribution < -0.4 is 0 Å². The van der Waals surface area contributed by atoms with Crippen LogP contribution in [0.25, 0.3) is 11.1 Å².